The largest absolute Gasteiger partial charge is 0.317 e. The van der Waals surface area contributed by atoms with Crippen LogP contribution in [0.25, 0.3) is 0 Å². The van der Waals surface area contributed by atoms with Gasteiger partial charge >= 0.3 is 0 Å². The van der Waals surface area contributed by atoms with Crippen LogP contribution in [0.1, 0.15) is 12.8 Å². The van der Waals surface area contributed by atoms with Crippen LogP contribution in [0.5, 0.6) is 0 Å². The number of benzene rings is 1. The van der Waals surface area contributed by atoms with Gasteiger partial charge in [0.2, 0.25) is 10.0 Å². The molecular weight excluding hydrogens is 354 g/mol. The lowest BCUT2D eigenvalue weighted by atomic mass is 10.0. The van der Waals surface area contributed by atoms with Crippen molar-refractivity contribution in [3.8, 4) is 0 Å². The Labute approximate surface area is 125 Å². The van der Waals surface area contributed by atoms with Crippen LogP contribution in [-0.4, -0.2) is 27.3 Å². The van der Waals surface area contributed by atoms with Crippen molar-refractivity contribution in [2.75, 3.05) is 23.6 Å². The van der Waals surface area contributed by atoms with Gasteiger partial charge in [0.1, 0.15) is 5.82 Å². The molecule has 2 N–H and O–H groups in total. The van der Waals surface area contributed by atoms with Crippen LogP contribution in [0, 0.1) is 17.6 Å². The third-order valence-corrected chi connectivity index (χ3v) is 5.23. The molecule has 0 radical (unpaired) electrons. The summed E-state index contributed by atoms with van der Waals surface area (Å²) in [5.41, 5.74) is -0.250. The number of sulfonamides is 1. The zero-order valence-electron chi connectivity index (χ0n) is 10.6. The molecule has 0 spiro atoms. The average molecular weight is 369 g/mol. The average Bonchev–Trinajstić information content (AvgIpc) is 2.34. The minimum atomic E-state index is -3.66. The van der Waals surface area contributed by atoms with Gasteiger partial charge in [-0.1, -0.05) is 0 Å². The molecule has 4 nitrogen and oxygen atoms in total. The fourth-order valence-electron chi connectivity index (χ4n) is 2.20. The molecule has 2 rings (SSSR count). The molecule has 0 atom stereocenters. The second kappa shape index (κ2) is 6.36. The van der Waals surface area contributed by atoms with E-state index in [2.05, 4.69) is 26.0 Å². The molecule has 1 aromatic carbocycles. The number of rotatable bonds is 4. The first-order chi connectivity index (χ1) is 9.37. The van der Waals surface area contributed by atoms with Crippen LogP contribution >= 0.6 is 15.9 Å². The molecule has 1 saturated heterocycles. The summed E-state index contributed by atoms with van der Waals surface area (Å²) in [6, 6.07) is 1.67. The highest BCUT2D eigenvalue weighted by atomic mass is 79.9. The molecule has 0 bridgehead atoms. The molecule has 1 aliphatic heterocycles. The fraction of sp³-hybridized carbons (Fsp3) is 0.500. The standard InChI is InChI=1S/C12H15BrF2N2O2S/c13-10-5-9(14)6-11(15)12(10)17-20(18,19)7-8-1-3-16-4-2-8/h5-6,8,16-17H,1-4,7H2. The summed E-state index contributed by atoms with van der Waals surface area (Å²) in [5, 5.41) is 3.15. The summed E-state index contributed by atoms with van der Waals surface area (Å²) >= 11 is 2.96. The van der Waals surface area contributed by atoms with Gasteiger partial charge in [0, 0.05) is 10.5 Å². The Morgan fingerprint density at radius 2 is 1.95 bits per heavy atom. The number of anilines is 1. The molecular formula is C12H15BrF2N2O2S. The Morgan fingerprint density at radius 1 is 1.30 bits per heavy atom. The van der Waals surface area contributed by atoms with Crippen LogP contribution in [0.2, 0.25) is 0 Å². The maximum absolute atomic E-state index is 13.6. The van der Waals surface area contributed by atoms with Crippen LogP contribution in [-0.2, 0) is 10.0 Å². The number of hydrogen-bond acceptors (Lipinski definition) is 3. The fourth-order valence-corrected chi connectivity index (χ4v) is 4.39. The van der Waals surface area contributed by atoms with E-state index in [0.717, 1.165) is 32.0 Å². The van der Waals surface area contributed by atoms with Crippen molar-refractivity contribution in [2.24, 2.45) is 5.92 Å². The van der Waals surface area contributed by atoms with Crippen LogP contribution in [0.4, 0.5) is 14.5 Å². The summed E-state index contributed by atoms with van der Waals surface area (Å²) in [4.78, 5) is 0. The van der Waals surface area contributed by atoms with Gasteiger partial charge in [-0.15, -0.1) is 0 Å². The lowest BCUT2D eigenvalue weighted by molar-refractivity contribution is 0.402. The van der Waals surface area contributed by atoms with E-state index in [-0.39, 0.29) is 21.8 Å². The van der Waals surface area contributed by atoms with Crippen molar-refractivity contribution in [3.05, 3.63) is 28.2 Å². The van der Waals surface area contributed by atoms with Gasteiger partial charge in [-0.25, -0.2) is 17.2 Å². The van der Waals surface area contributed by atoms with E-state index in [1.165, 1.54) is 0 Å². The second-order valence-corrected chi connectivity index (χ2v) is 7.44. The van der Waals surface area contributed by atoms with E-state index in [1.807, 2.05) is 0 Å². The maximum Gasteiger partial charge on any atom is 0.233 e. The van der Waals surface area contributed by atoms with Crippen molar-refractivity contribution in [3.63, 3.8) is 0 Å². The Balaban J connectivity index is 2.11. The third-order valence-electron chi connectivity index (χ3n) is 3.18. The Kier molecular flexibility index (Phi) is 4.98. The van der Waals surface area contributed by atoms with E-state index in [1.54, 1.807) is 0 Å². The predicted molar refractivity (Wildman–Crippen MR) is 77.1 cm³/mol. The smallest absolute Gasteiger partial charge is 0.233 e. The van der Waals surface area contributed by atoms with E-state index >= 15 is 0 Å². The van der Waals surface area contributed by atoms with Crippen molar-refractivity contribution in [2.45, 2.75) is 12.8 Å². The van der Waals surface area contributed by atoms with E-state index in [9.17, 15) is 17.2 Å². The zero-order valence-corrected chi connectivity index (χ0v) is 13.0. The number of hydrogen-bond donors (Lipinski definition) is 2. The first-order valence-corrected chi connectivity index (χ1v) is 8.67. The molecule has 1 aliphatic rings. The van der Waals surface area contributed by atoms with Crippen LogP contribution in [0.3, 0.4) is 0 Å². The summed E-state index contributed by atoms with van der Waals surface area (Å²) in [6.07, 6.45) is 1.54. The summed E-state index contributed by atoms with van der Waals surface area (Å²) in [6.45, 7) is 1.57. The predicted octanol–water partition coefficient (Wildman–Crippen LogP) is 2.47. The van der Waals surface area contributed by atoms with Gasteiger partial charge in [0.15, 0.2) is 5.82 Å². The van der Waals surface area contributed by atoms with Gasteiger partial charge in [0.25, 0.3) is 0 Å². The normalized spacial score (nSPS) is 17.1. The molecule has 112 valence electrons. The van der Waals surface area contributed by atoms with Crippen LogP contribution in [0.15, 0.2) is 16.6 Å². The topological polar surface area (TPSA) is 58.2 Å². The molecule has 8 heteroatoms. The molecule has 0 saturated carbocycles. The molecule has 1 fully saturated rings. The highest BCUT2D eigenvalue weighted by Crippen LogP contribution is 2.28. The summed E-state index contributed by atoms with van der Waals surface area (Å²) < 4.78 is 52.9. The highest BCUT2D eigenvalue weighted by molar-refractivity contribution is 9.10. The minimum absolute atomic E-state index is 0.0453. The molecule has 0 aromatic heterocycles. The van der Waals surface area contributed by atoms with E-state index in [0.29, 0.717) is 6.07 Å². The Morgan fingerprint density at radius 3 is 2.55 bits per heavy atom. The summed E-state index contributed by atoms with van der Waals surface area (Å²) in [5.74, 6) is -1.71. The quantitative estimate of drug-likeness (QED) is 0.858. The van der Waals surface area contributed by atoms with Gasteiger partial charge < -0.3 is 5.32 Å². The minimum Gasteiger partial charge on any atom is -0.317 e. The maximum atomic E-state index is 13.6. The molecule has 0 amide bonds. The monoisotopic (exact) mass is 368 g/mol. The van der Waals surface area contributed by atoms with Crippen molar-refractivity contribution in [1.82, 2.24) is 5.32 Å². The zero-order chi connectivity index (χ0) is 14.8. The Bertz CT molecular complexity index is 566. The number of nitrogens with one attached hydrogen (secondary N) is 2. The lowest BCUT2D eigenvalue weighted by Gasteiger charge is -2.22. The Hall–Kier alpha value is -0.730. The first kappa shape index (κ1) is 15.7. The van der Waals surface area contributed by atoms with Gasteiger partial charge in [0.05, 0.1) is 11.4 Å². The molecule has 0 unspecified atom stereocenters. The van der Waals surface area contributed by atoms with Gasteiger partial charge in [-0.3, -0.25) is 4.72 Å². The SMILES string of the molecule is O=S(=O)(CC1CCNCC1)Nc1c(F)cc(F)cc1Br. The van der Waals surface area contributed by atoms with Crippen molar-refractivity contribution in [1.29, 1.82) is 0 Å². The second-order valence-electron chi connectivity index (χ2n) is 4.82. The number of piperidine rings is 1. The highest BCUT2D eigenvalue weighted by Gasteiger charge is 2.23. The first-order valence-electron chi connectivity index (χ1n) is 6.23. The molecule has 0 aliphatic carbocycles. The van der Waals surface area contributed by atoms with Crippen LogP contribution < -0.4 is 10.0 Å². The van der Waals surface area contributed by atoms with Crippen molar-refractivity contribution >= 4 is 31.6 Å². The van der Waals surface area contributed by atoms with Gasteiger partial charge in [-0.2, -0.15) is 0 Å². The molecule has 20 heavy (non-hydrogen) atoms. The van der Waals surface area contributed by atoms with Crippen molar-refractivity contribution < 1.29 is 17.2 Å². The molecule has 1 aromatic rings. The van der Waals surface area contributed by atoms with E-state index < -0.39 is 21.7 Å². The lowest BCUT2D eigenvalue weighted by Crippen LogP contribution is -2.33. The number of halogens is 3. The third kappa shape index (κ3) is 4.13. The summed E-state index contributed by atoms with van der Waals surface area (Å²) in [7, 11) is -3.66. The van der Waals surface area contributed by atoms with Gasteiger partial charge in [-0.05, 0) is 53.8 Å². The molecule has 1 heterocycles. The van der Waals surface area contributed by atoms with E-state index in [4.69, 9.17) is 0 Å².